The molecule has 162 valence electrons. The van der Waals surface area contributed by atoms with Crippen molar-refractivity contribution in [3.63, 3.8) is 0 Å². The van der Waals surface area contributed by atoms with Gasteiger partial charge in [0, 0.05) is 24.9 Å². The summed E-state index contributed by atoms with van der Waals surface area (Å²) in [7, 11) is -3.66. The monoisotopic (exact) mass is 441 g/mol. The molecule has 0 unspecified atom stereocenters. The first-order valence-corrected chi connectivity index (χ1v) is 11.7. The lowest BCUT2D eigenvalue weighted by molar-refractivity contribution is -0.136. The lowest BCUT2D eigenvalue weighted by atomic mass is 10.1. The summed E-state index contributed by atoms with van der Waals surface area (Å²) < 4.78 is 35.5. The summed E-state index contributed by atoms with van der Waals surface area (Å²) in [6, 6.07) is 12.4. The topological polar surface area (TPSA) is 102 Å². The summed E-state index contributed by atoms with van der Waals surface area (Å²) in [6.07, 6.45) is 0.539. The third-order valence-electron chi connectivity index (χ3n) is 6.16. The molecule has 2 aromatic carbocycles. The van der Waals surface area contributed by atoms with Crippen molar-refractivity contribution in [2.24, 2.45) is 5.92 Å². The third-order valence-corrected chi connectivity index (χ3v) is 7.99. The van der Waals surface area contributed by atoms with E-state index in [1.54, 1.807) is 18.2 Å². The smallest absolute Gasteiger partial charge is 0.309 e. The van der Waals surface area contributed by atoms with Crippen molar-refractivity contribution < 1.29 is 23.1 Å². The molecule has 0 radical (unpaired) electrons. The second-order valence-corrected chi connectivity index (χ2v) is 10.2. The number of carboxylic acids is 1. The quantitative estimate of drug-likeness (QED) is 0.653. The number of hydrogen-bond donors (Lipinski definition) is 1. The van der Waals surface area contributed by atoms with Crippen LogP contribution in [0.25, 0.3) is 10.9 Å². The lowest BCUT2D eigenvalue weighted by Gasteiger charge is -2.18. The Hall–Kier alpha value is -2.91. The van der Waals surface area contributed by atoms with Crippen LogP contribution < -0.4 is 4.74 Å². The van der Waals surface area contributed by atoms with E-state index in [0.717, 1.165) is 22.2 Å². The predicted octanol–water partition coefficient (Wildman–Crippen LogP) is 2.48. The van der Waals surface area contributed by atoms with Crippen molar-refractivity contribution in [1.82, 2.24) is 14.1 Å². The first-order valence-electron chi connectivity index (χ1n) is 10.3. The minimum Gasteiger partial charge on any atom is -0.493 e. The summed E-state index contributed by atoms with van der Waals surface area (Å²) in [5, 5.41) is 14.6. The zero-order valence-corrected chi connectivity index (χ0v) is 17.9. The van der Waals surface area contributed by atoms with E-state index in [-0.39, 0.29) is 29.8 Å². The standard InChI is InChI=1S/C22H23N3O5S/c1-14-12-24(31(28,29)16-6-7-21-15(10-16)8-9-30-21)13-20(14)25-19-5-3-2-4-17(19)18(23-25)11-22(26)27/h2-7,10,14,20H,8-9,11-13H2,1H3,(H,26,27)/t14-,20+/m1/s1. The van der Waals surface area contributed by atoms with Crippen molar-refractivity contribution in [1.29, 1.82) is 0 Å². The molecule has 0 aliphatic carbocycles. The van der Waals surface area contributed by atoms with Crippen LogP contribution in [0.4, 0.5) is 0 Å². The zero-order chi connectivity index (χ0) is 21.8. The number of benzene rings is 2. The maximum Gasteiger partial charge on any atom is 0.309 e. The number of nitrogens with zero attached hydrogens (tertiary/aromatic N) is 3. The molecule has 0 spiro atoms. The third kappa shape index (κ3) is 3.37. The van der Waals surface area contributed by atoms with Gasteiger partial charge in [0.2, 0.25) is 10.0 Å². The van der Waals surface area contributed by atoms with Crippen molar-refractivity contribution in [2.45, 2.75) is 30.7 Å². The molecule has 2 aliphatic rings. The molecule has 31 heavy (non-hydrogen) atoms. The van der Waals surface area contributed by atoms with Gasteiger partial charge in [-0.2, -0.15) is 9.40 Å². The summed E-state index contributed by atoms with van der Waals surface area (Å²) in [6.45, 7) is 3.25. The van der Waals surface area contributed by atoms with E-state index in [1.807, 2.05) is 35.9 Å². The van der Waals surface area contributed by atoms with Gasteiger partial charge in [-0.05, 0) is 35.7 Å². The van der Waals surface area contributed by atoms with Crippen LogP contribution in [0.1, 0.15) is 24.2 Å². The van der Waals surface area contributed by atoms with Crippen LogP contribution >= 0.6 is 0 Å². The van der Waals surface area contributed by atoms with E-state index < -0.39 is 16.0 Å². The van der Waals surface area contributed by atoms with Crippen LogP contribution in [0.5, 0.6) is 5.75 Å². The number of fused-ring (bicyclic) bond motifs is 2. The molecule has 1 saturated heterocycles. The van der Waals surface area contributed by atoms with E-state index in [4.69, 9.17) is 4.74 Å². The average Bonchev–Trinajstić information content (AvgIpc) is 3.44. The van der Waals surface area contributed by atoms with E-state index in [9.17, 15) is 18.3 Å². The van der Waals surface area contributed by atoms with Gasteiger partial charge in [0.15, 0.2) is 0 Å². The van der Waals surface area contributed by atoms with Gasteiger partial charge in [-0.1, -0.05) is 25.1 Å². The number of ether oxygens (including phenoxy) is 1. The molecular formula is C22H23N3O5S. The van der Waals surface area contributed by atoms with Gasteiger partial charge >= 0.3 is 5.97 Å². The summed E-state index contributed by atoms with van der Waals surface area (Å²) in [5.41, 5.74) is 2.24. The first kappa shape index (κ1) is 20.0. The van der Waals surface area contributed by atoms with Crippen molar-refractivity contribution in [3.05, 3.63) is 53.7 Å². The molecular weight excluding hydrogens is 418 g/mol. The highest BCUT2D eigenvalue weighted by Crippen LogP contribution is 2.36. The fourth-order valence-corrected chi connectivity index (χ4v) is 6.18. The largest absolute Gasteiger partial charge is 0.493 e. The van der Waals surface area contributed by atoms with E-state index in [2.05, 4.69) is 5.10 Å². The van der Waals surface area contributed by atoms with Gasteiger partial charge < -0.3 is 9.84 Å². The second kappa shape index (κ2) is 7.35. The van der Waals surface area contributed by atoms with Crippen molar-refractivity contribution in [2.75, 3.05) is 19.7 Å². The Morgan fingerprint density at radius 1 is 1.23 bits per heavy atom. The number of carbonyl (C=O) groups is 1. The van der Waals surface area contributed by atoms with Crippen LogP contribution in [-0.4, -0.2) is 53.3 Å². The number of carboxylic acid groups (broad SMARTS) is 1. The zero-order valence-electron chi connectivity index (χ0n) is 17.1. The molecule has 8 nitrogen and oxygen atoms in total. The summed E-state index contributed by atoms with van der Waals surface area (Å²) in [5.74, 6) is -0.172. The highest BCUT2D eigenvalue weighted by molar-refractivity contribution is 7.89. The highest BCUT2D eigenvalue weighted by Gasteiger charge is 2.39. The molecule has 1 fully saturated rings. The molecule has 3 heterocycles. The normalized spacial score (nSPS) is 21.3. The maximum atomic E-state index is 13.3. The van der Waals surface area contributed by atoms with Gasteiger partial charge in [0.25, 0.3) is 0 Å². The first-order chi connectivity index (χ1) is 14.8. The van der Waals surface area contributed by atoms with Crippen molar-refractivity contribution in [3.8, 4) is 5.75 Å². The van der Waals surface area contributed by atoms with Gasteiger partial charge in [0.1, 0.15) is 5.75 Å². The Kier molecular flexibility index (Phi) is 4.75. The molecule has 2 atom stereocenters. The Morgan fingerprint density at radius 2 is 2.03 bits per heavy atom. The Labute approximate surface area is 180 Å². The highest BCUT2D eigenvalue weighted by atomic mass is 32.2. The lowest BCUT2D eigenvalue weighted by Crippen LogP contribution is -2.29. The predicted molar refractivity (Wildman–Crippen MR) is 114 cm³/mol. The van der Waals surface area contributed by atoms with Gasteiger partial charge in [-0.25, -0.2) is 8.42 Å². The number of hydrogen-bond acceptors (Lipinski definition) is 5. The maximum absolute atomic E-state index is 13.3. The van der Waals surface area contributed by atoms with Crippen molar-refractivity contribution >= 4 is 26.9 Å². The number of para-hydroxylation sites is 1. The second-order valence-electron chi connectivity index (χ2n) is 8.21. The minimum atomic E-state index is -3.66. The molecule has 0 saturated carbocycles. The fraction of sp³-hybridized carbons (Fsp3) is 0.364. The molecule has 3 aromatic rings. The molecule has 0 amide bonds. The Morgan fingerprint density at radius 3 is 2.84 bits per heavy atom. The van der Waals surface area contributed by atoms with Gasteiger partial charge in [-0.3, -0.25) is 9.48 Å². The van der Waals surface area contributed by atoms with Crippen LogP contribution in [-0.2, 0) is 27.7 Å². The van der Waals surface area contributed by atoms with Crippen LogP contribution in [0, 0.1) is 5.92 Å². The number of aromatic nitrogens is 2. The van der Waals surface area contributed by atoms with E-state index in [1.165, 1.54) is 4.31 Å². The molecule has 5 rings (SSSR count). The van der Waals surface area contributed by atoms with Gasteiger partial charge in [-0.15, -0.1) is 0 Å². The van der Waals surface area contributed by atoms with Crippen LogP contribution in [0.3, 0.4) is 0 Å². The fourth-order valence-electron chi connectivity index (χ4n) is 4.57. The molecule has 2 aliphatic heterocycles. The molecule has 9 heteroatoms. The van der Waals surface area contributed by atoms with Gasteiger partial charge in [0.05, 0.1) is 35.2 Å². The Balaban J connectivity index is 1.48. The minimum absolute atomic E-state index is 0.0218. The van der Waals surface area contributed by atoms with Crippen LogP contribution in [0.15, 0.2) is 47.4 Å². The Bertz CT molecular complexity index is 1280. The molecule has 0 bridgehead atoms. The average molecular weight is 442 g/mol. The number of aliphatic carboxylic acids is 1. The van der Waals surface area contributed by atoms with E-state index >= 15 is 0 Å². The molecule has 1 aromatic heterocycles. The number of rotatable bonds is 5. The molecule has 1 N–H and O–H groups in total. The van der Waals surface area contributed by atoms with E-state index in [0.29, 0.717) is 25.3 Å². The number of sulfonamides is 1. The SMILES string of the molecule is C[C@@H]1CN(S(=O)(=O)c2ccc3c(c2)CCO3)C[C@@H]1n1nc(CC(=O)O)c2ccccc21. The summed E-state index contributed by atoms with van der Waals surface area (Å²) >= 11 is 0. The van der Waals surface area contributed by atoms with Crippen LogP contribution in [0.2, 0.25) is 0 Å². The summed E-state index contributed by atoms with van der Waals surface area (Å²) in [4.78, 5) is 11.6.